The van der Waals surface area contributed by atoms with E-state index in [2.05, 4.69) is 20.9 Å². The van der Waals surface area contributed by atoms with E-state index in [-0.39, 0.29) is 24.6 Å². The van der Waals surface area contributed by atoms with Gasteiger partial charge < -0.3 is 19.6 Å². The number of anilines is 1. The number of thioether (sulfide) groups is 1. The SMILES string of the molecule is Cc1onc(-c2ccccc2Cl)c1C(=O)Nc1c2c(nn1CC(=O)NCc1ccco1)CSC2. The van der Waals surface area contributed by atoms with E-state index in [0.717, 1.165) is 17.0 Å². The summed E-state index contributed by atoms with van der Waals surface area (Å²) < 4.78 is 12.1. The third kappa shape index (κ3) is 4.34. The topological polar surface area (TPSA) is 115 Å². The number of hydrogen-bond acceptors (Lipinski definition) is 7. The minimum atomic E-state index is -0.412. The van der Waals surface area contributed by atoms with Crippen molar-refractivity contribution in [1.82, 2.24) is 20.3 Å². The number of rotatable bonds is 7. The van der Waals surface area contributed by atoms with Crippen molar-refractivity contribution in [3.05, 3.63) is 76.0 Å². The molecule has 0 fully saturated rings. The van der Waals surface area contributed by atoms with E-state index in [9.17, 15) is 9.59 Å². The molecule has 1 aliphatic heterocycles. The monoisotopic (exact) mass is 497 g/mol. The van der Waals surface area contributed by atoms with E-state index in [1.807, 2.05) is 6.07 Å². The van der Waals surface area contributed by atoms with Crippen molar-refractivity contribution in [3.63, 3.8) is 0 Å². The van der Waals surface area contributed by atoms with Gasteiger partial charge in [-0.25, -0.2) is 4.68 Å². The molecule has 0 spiro atoms. The zero-order valence-electron chi connectivity index (χ0n) is 18.1. The van der Waals surface area contributed by atoms with Crippen LogP contribution in [0.5, 0.6) is 0 Å². The molecule has 2 N–H and O–H groups in total. The van der Waals surface area contributed by atoms with Crippen LogP contribution in [0.25, 0.3) is 11.3 Å². The molecule has 0 bridgehead atoms. The number of benzene rings is 1. The molecule has 4 aromatic rings. The molecule has 11 heteroatoms. The van der Waals surface area contributed by atoms with Crippen molar-refractivity contribution in [1.29, 1.82) is 0 Å². The van der Waals surface area contributed by atoms with Crippen LogP contribution in [0.4, 0.5) is 5.82 Å². The summed E-state index contributed by atoms with van der Waals surface area (Å²) in [5, 5.41) is 14.8. The van der Waals surface area contributed by atoms with Crippen LogP contribution < -0.4 is 10.6 Å². The van der Waals surface area contributed by atoms with Gasteiger partial charge in [-0.05, 0) is 25.1 Å². The molecule has 0 saturated carbocycles. The first-order valence-electron chi connectivity index (χ1n) is 10.5. The summed E-state index contributed by atoms with van der Waals surface area (Å²) in [6, 6.07) is 10.7. The Kier molecular flexibility index (Phi) is 6.16. The summed E-state index contributed by atoms with van der Waals surface area (Å²) in [5.74, 6) is 2.25. The summed E-state index contributed by atoms with van der Waals surface area (Å²) in [5.41, 5.74) is 2.99. The second-order valence-corrected chi connectivity index (χ2v) is 9.07. The fourth-order valence-electron chi connectivity index (χ4n) is 3.76. The van der Waals surface area contributed by atoms with E-state index in [1.165, 1.54) is 4.68 Å². The lowest BCUT2D eigenvalue weighted by molar-refractivity contribution is -0.122. The van der Waals surface area contributed by atoms with Gasteiger partial charge in [-0.1, -0.05) is 35.0 Å². The minimum Gasteiger partial charge on any atom is -0.467 e. The second kappa shape index (κ2) is 9.40. The first kappa shape index (κ1) is 22.3. The lowest BCUT2D eigenvalue weighted by Gasteiger charge is -2.11. The minimum absolute atomic E-state index is 0.0476. The van der Waals surface area contributed by atoms with Gasteiger partial charge in [0.2, 0.25) is 5.91 Å². The van der Waals surface area contributed by atoms with Gasteiger partial charge >= 0.3 is 0 Å². The Morgan fingerprint density at radius 1 is 1.21 bits per heavy atom. The predicted octanol–water partition coefficient (Wildman–Crippen LogP) is 4.41. The zero-order valence-corrected chi connectivity index (χ0v) is 19.7. The van der Waals surface area contributed by atoms with Gasteiger partial charge in [0, 0.05) is 22.6 Å². The van der Waals surface area contributed by atoms with Crippen LogP contribution in [0.2, 0.25) is 5.02 Å². The van der Waals surface area contributed by atoms with Gasteiger partial charge in [0.25, 0.3) is 5.91 Å². The molecule has 0 atom stereocenters. The lowest BCUT2D eigenvalue weighted by atomic mass is 10.1. The Hall–Kier alpha value is -3.50. The van der Waals surface area contributed by atoms with Gasteiger partial charge in [-0.2, -0.15) is 16.9 Å². The molecule has 0 saturated heterocycles. The summed E-state index contributed by atoms with van der Waals surface area (Å²) >= 11 is 8.03. The normalized spacial score (nSPS) is 12.5. The molecule has 1 aliphatic rings. The summed E-state index contributed by atoms with van der Waals surface area (Å²) in [6.45, 7) is 1.89. The van der Waals surface area contributed by atoms with E-state index < -0.39 is 5.91 Å². The van der Waals surface area contributed by atoms with Crippen LogP contribution in [0, 0.1) is 6.92 Å². The molecule has 5 rings (SSSR count). The van der Waals surface area contributed by atoms with Crippen LogP contribution in [0.1, 0.15) is 33.1 Å². The van der Waals surface area contributed by atoms with E-state index in [0.29, 0.717) is 39.4 Å². The van der Waals surface area contributed by atoms with E-state index in [1.54, 1.807) is 55.3 Å². The number of nitrogens with zero attached hydrogens (tertiary/aromatic N) is 3. The number of carbonyl (C=O) groups excluding carboxylic acids is 2. The third-order valence-electron chi connectivity index (χ3n) is 5.40. The Balaban J connectivity index is 1.40. The molecular weight excluding hydrogens is 478 g/mol. The van der Waals surface area contributed by atoms with Crippen molar-refractivity contribution in [2.75, 3.05) is 5.32 Å². The first-order valence-corrected chi connectivity index (χ1v) is 12.0. The highest BCUT2D eigenvalue weighted by Gasteiger charge is 2.28. The van der Waals surface area contributed by atoms with Gasteiger partial charge in [-0.3, -0.25) is 9.59 Å². The Bertz CT molecular complexity index is 1360. The molecule has 0 unspecified atom stereocenters. The molecule has 2 amide bonds. The highest BCUT2D eigenvalue weighted by atomic mass is 35.5. The Morgan fingerprint density at radius 2 is 2.06 bits per heavy atom. The summed E-state index contributed by atoms with van der Waals surface area (Å²) in [6.07, 6.45) is 1.55. The Morgan fingerprint density at radius 3 is 2.85 bits per heavy atom. The number of aromatic nitrogens is 3. The van der Waals surface area contributed by atoms with Crippen LogP contribution >= 0.6 is 23.4 Å². The number of amides is 2. The molecule has 9 nitrogen and oxygen atoms in total. The lowest BCUT2D eigenvalue weighted by Crippen LogP contribution is -2.28. The number of carbonyl (C=O) groups is 2. The average molecular weight is 498 g/mol. The van der Waals surface area contributed by atoms with Crippen LogP contribution in [-0.4, -0.2) is 26.8 Å². The third-order valence-corrected chi connectivity index (χ3v) is 6.70. The largest absolute Gasteiger partial charge is 0.467 e. The van der Waals surface area contributed by atoms with E-state index in [4.69, 9.17) is 20.5 Å². The zero-order chi connectivity index (χ0) is 23.7. The smallest absolute Gasteiger partial charge is 0.262 e. The number of nitrogens with one attached hydrogen (secondary N) is 2. The van der Waals surface area contributed by atoms with Crippen LogP contribution in [0.3, 0.4) is 0 Å². The fourth-order valence-corrected chi connectivity index (χ4v) is 5.02. The van der Waals surface area contributed by atoms with Crippen molar-refractivity contribution in [3.8, 4) is 11.3 Å². The molecule has 0 aliphatic carbocycles. The van der Waals surface area contributed by atoms with Crippen molar-refractivity contribution >= 4 is 41.0 Å². The number of furan rings is 1. The summed E-state index contributed by atoms with van der Waals surface area (Å²) in [4.78, 5) is 26.0. The van der Waals surface area contributed by atoms with Gasteiger partial charge in [-0.15, -0.1) is 0 Å². The van der Waals surface area contributed by atoms with Crippen molar-refractivity contribution < 1.29 is 18.5 Å². The molecule has 34 heavy (non-hydrogen) atoms. The first-order chi connectivity index (χ1) is 16.5. The molecule has 174 valence electrons. The number of aryl methyl sites for hydroxylation is 1. The second-order valence-electron chi connectivity index (χ2n) is 7.68. The maximum Gasteiger partial charge on any atom is 0.262 e. The molecule has 0 radical (unpaired) electrons. The van der Waals surface area contributed by atoms with Gasteiger partial charge in [0.15, 0.2) is 0 Å². The fraction of sp³-hybridized carbons (Fsp3) is 0.217. The van der Waals surface area contributed by atoms with Gasteiger partial charge in [0.1, 0.15) is 35.1 Å². The average Bonchev–Trinajstić information content (AvgIpc) is 3.60. The van der Waals surface area contributed by atoms with Crippen LogP contribution in [0.15, 0.2) is 51.6 Å². The van der Waals surface area contributed by atoms with Crippen molar-refractivity contribution in [2.45, 2.75) is 31.5 Å². The summed E-state index contributed by atoms with van der Waals surface area (Å²) in [7, 11) is 0. The highest BCUT2D eigenvalue weighted by molar-refractivity contribution is 7.98. The van der Waals surface area contributed by atoms with Crippen LogP contribution in [-0.2, 0) is 29.4 Å². The van der Waals surface area contributed by atoms with E-state index >= 15 is 0 Å². The maximum absolute atomic E-state index is 13.4. The maximum atomic E-state index is 13.4. The standard InChI is InChI=1S/C23H20ClN5O4S/c1-13-20(21(28-33-13)15-6-2-3-7-17(15)24)23(31)26-22-16-11-34-12-18(16)27-29(22)10-19(30)25-9-14-5-4-8-32-14/h2-8H,9-12H2,1H3,(H,25,30)(H,26,31). The number of hydrogen-bond donors (Lipinski definition) is 2. The highest BCUT2D eigenvalue weighted by Crippen LogP contribution is 2.36. The number of fused-ring (bicyclic) bond motifs is 1. The Labute approximate surface area is 203 Å². The quantitative estimate of drug-likeness (QED) is 0.388. The molecule has 1 aromatic carbocycles. The predicted molar refractivity (Wildman–Crippen MR) is 127 cm³/mol. The molecule has 3 aromatic heterocycles. The molecule has 4 heterocycles. The van der Waals surface area contributed by atoms with Gasteiger partial charge in [0.05, 0.1) is 23.5 Å². The number of halogens is 1. The van der Waals surface area contributed by atoms with Crippen molar-refractivity contribution in [2.24, 2.45) is 0 Å². The molecular formula is C23H20ClN5O4S.